The zero-order valence-electron chi connectivity index (χ0n) is 19.4. The molecule has 0 aromatic heterocycles. The molecule has 9 atom stereocenters. The van der Waals surface area contributed by atoms with Gasteiger partial charge in [-0.3, -0.25) is 4.79 Å². The molecule has 4 unspecified atom stereocenters. The molecule has 5 aliphatic rings. The van der Waals surface area contributed by atoms with Crippen LogP contribution < -0.4 is 0 Å². The molecule has 1 spiro atoms. The number of carboxylic acid groups (broad SMARTS) is 1. The van der Waals surface area contributed by atoms with Crippen molar-refractivity contribution in [2.24, 2.45) is 23.7 Å². The van der Waals surface area contributed by atoms with E-state index in [1.54, 1.807) is 12.1 Å². The standard InChI is InChI=1S/C25H33FO7/c1-14-4-9-19-15(2)22(29-20(10-11-21(27)28)16-5-7-17(26)8-6-16)30-23-25(19)18(14)12-13-24(3,31-23)32-33-25/h5-8,14-15,18-20,22-23H,4,9-13H2,1-3H3,(H,27,28)/t14-,15-,18+,19?,20?,22-,23-,24?,25?/m1/s1. The number of halogens is 1. The van der Waals surface area contributed by atoms with Gasteiger partial charge in [-0.05, 0) is 62.1 Å². The van der Waals surface area contributed by atoms with Crippen LogP contribution in [0, 0.1) is 29.5 Å². The minimum Gasteiger partial charge on any atom is -0.481 e. The van der Waals surface area contributed by atoms with E-state index in [1.807, 2.05) is 6.92 Å². The Morgan fingerprint density at radius 2 is 1.94 bits per heavy atom. The smallest absolute Gasteiger partial charge is 0.303 e. The summed E-state index contributed by atoms with van der Waals surface area (Å²) >= 11 is 0. The van der Waals surface area contributed by atoms with Crippen LogP contribution in [0.1, 0.15) is 71.0 Å². The van der Waals surface area contributed by atoms with Crippen molar-refractivity contribution >= 4 is 5.97 Å². The first-order valence-corrected chi connectivity index (χ1v) is 12.0. The lowest BCUT2D eigenvalue weighted by molar-refractivity contribution is -0.578. The van der Waals surface area contributed by atoms with E-state index in [0.29, 0.717) is 5.92 Å². The summed E-state index contributed by atoms with van der Waals surface area (Å²) in [6.45, 7) is 6.23. The van der Waals surface area contributed by atoms with Crippen molar-refractivity contribution in [3.05, 3.63) is 35.6 Å². The van der Waals surface area contributed by atoms with Crippen molar-refractivity contribution in [2.45, 2.75) is 89.4 Å². The van der Waals surface area contributed by atoms with Gasteiger partial charge in [-0.2, -0.15) is 0 Å². The largest absolute Gasteiger partial charge is 0.481 e. The molecule has 5 fully saturated rings. The molecular weight excluding hydrogens is 431 g/mol. The molecular formula is C25H33FO7. The van der Waals surface area contributed by atoms with Gasteiger partial charge in [-0.15, -0.1) is 0 Å². The van der Waals surface area contributed by atoms with Gasteiger partial charge in [-0.25, -0.2) is 14.2 Å². The van der Waals surface area contributed by atoms with E-state index < -0.39 is 36.0 Å². The number of fused-ring (bicyclic) bond motifs is 2. The van der Waals surface area contributed by atoms with Crippen LogP contribution in [0.5, 0.6) is 0 Å². The first-order valence-electron chi connectivity index (χ1n) is 12.0. The van der Waals surface area contributed by atoms with Crippen LogP contribution in [0.2, 0.25) is 0 Å². The Morgan fingerprint density at radius 1 is 1.18 bits per heavy atom. The Bertz CT molecular complexity index is 878. The molecule has 6 rings (SSSR count). The second-order valence-corrected chi connectivity index (χ2v) is 10.4. The number of carbonyl (C=O) groups is 1. The predicted octanol–water partition coefficient (Wildman–Crippen LogP) is 4.96. The fourth-order valence-electron chi connectivity index (χ4n) is 6.43. The summed E-state index contributed by atoms with van der Waals surface area (Å²) in [6, 6.07) is 5.99. The molecule has 2 bridgehead atoms. The Labute approximate surface area is 193 Å². The SMILES string of the molecule is C[C@@H]1CCC2[C@@H](C)[C@H](OC(CCC(=O)O)c3ccc(F)cc3)O[C@@H]3OC4(C)CC[C@@H]1C23OO4. The van der Waals surface area contributed by atoms with E-state index in [4.69, 9.17) is 24.0 Å². The summed E-state index contributed by atoms with van der Waals surface area (Å²) in [7, 11) is 0. The molecule has 4 heterocycles. The average Bonchev–Trinajstić information content (AvgIpc) is 3.01. The second kappa shape index (κ2) is 8.57. The highest BCUT2D eigenvalue weighted by Crippen LogP contribution is 2.60. The van der Waals surface area contributed by atoms with E-state index >= 15 is 0 Å². The maximum absolute atomic E-state index is 13.5. The lowest BCUT2D eigenvalue weighted by Crippen LogP contribution is -2.70. The van der Waals surface area contributed by atoms with E-state index in [-0.39, 0.29) is 36.4 Å². The van der Waals surface area contributed by atoms with Gasteiger partial charge in [0.2, 0.25) is 5.79 Å². The Hall–Kier alpha value is -1.58. The molecule has 4 aliphatic heterocycles. The van der Waals surface area contributed by atoms with Crippen LogP contribution in [0.3, 0.4) is 0 Å². The Kier molecular flexibility index (Phi) is 6.02. The molecule has 1 aromatic rings. The number of carboxylic acids is 1. The van der Waals surface area contributed by atoms with Gasteiger partial charge in [0.05, 0.1) is 6.10 Å². The van der Waals surface area contributed by atoms with Gasteiger partial charge in [0, 0.05) is 24.7 Å². The highest BCUT2D eigenvalue weighted by atomic mass is 19.1. The van der Waals surface area contributed by atoms with Crippen LogP contribution >= 0.6 is 0 Å². The predicted molar refractivity (Wildman–Crippen MR) is 114 cm³/mol. The lowest BCUT2D eigenvalue weighted by Gasteiger charge is -2.60. The van der Waals surface area contributed by atoms with Gasteiger partial charge in [0.15, 0.2) is 18.2 Å². The summed E-state index contributed by atoms with van der Waals surface area (Å²) in [5.74, 6) is -1.33. The maximum atomic E-state index is 13.5. The number of rotatable bonds is 6. The van der Waals surface area contributed by atoms with E-state index in [1.165, 1.54) is 12.1 Å². The van der Waals surface area contributed by atoms with Crippen LogP contribution in [-0.4, -0.2) is 35.0 Å². The quantitative estimate of drug-likeness (QED) is 0.596. The van der Waals surface area contributed by atoms with Gasteiger partial charge >= 0.3 is 5.97 Å². The van der Waals surface area contributed by atoms with Crippen molar-refractivity contribution in [3.8, 4) is 0 Å². The fourth-order valence-corrected chi connectivity index (χ4v) is 6.43. The molecule has 182 valence electrons. The first kappa shape index (κ1) is 23.2. The zero-order chi connectivity index (χ0) is 23.4. The molecule has 8 heteroatoms. The van der Waals surface area contributed by atoms with Crippen molar-refractivity contribution in [3.63, 3.8) is 0 Å². The van der Waals surface area contributed by atoms with E-state index in [0.717, 1.165) is 31.2 Å². The average molecular weight is 465 g/mol. The number of hydrogen-bond donors (Lipinski definition) is 1. The molecule has 33 heavy (non-hydrogen) atoms. The zero-order valence-corrected chi connectivity index (χ0v) is 19.4. The van der Waals surface area contributed by atoms with E-state index in [2.05, 4.69) is 13.8 Å². The van der Waals surface area contributed by atoms with Crippen molar-refractivity contribution in [1.82, 2.24) is 0 Å². The highest BCUT2D eigenvalue weighted by Gasteiger charge is 2.69. The number of benzene rings is 1. The first-order chi connectivity index (χ1) is 15.7. The summed E-state index contributed by atoms with van der Waals surface area (Å²) in [5, 5.41) is 9.24. The van der Waals surface area contributed by atoms with Crippen LogP contribution in [0.4, 0.5) is 4.39 Å². The van der Waals surface area contributed by atoms with Crippen LogP contribution in [0.15, 0.2) is 24.3 Å². The number of hydrogen-bond acceptors (Lipinski definition) is 6. The van der Waals surface area contributed by atoms with Crippen molar-refractivity contribution in [2.75, 3.05) is 0 Å². The Balaban J connectivity index is 1.43. The minimum atomic E-state index is -0.908. The van der Waals surface area contributed by atoms with Crippen molar-refractivity contribution < 1.29 is 38.3 Å². The maximum Gasteiger partial charge on any atom is 0.303 e. The normalized spacial score (nSPS) is 42.9. The summed E-state index contributed by atoms with van der Waals surface area (Å²) in [5.41, 5.74) is 0.0399. The van der Waals surface area contributed by atoms with Crippen molar-refractivity contribution in [1.29, 1.82) is 0 Å². The molecule has 1 N–H and O–H groups in total. The highest BCUT2D eigenvalue weighted by molar-refractivity contribution is 5.66. The summed E-state index contributed by atoms with van der Waals surface area (Å²) in [4.78, 5) is 23.3. The minimum absolute atomic E-state index is 0.0290. The second-order valence-electron chi connectivity index (χ2n) is 10.4. The lowest BCUT2D eigenvalue weighted by atomic mass is 9.58. The van der Waals surface area contributed by atoms with Gasteiger partial charge < -0.3 is 19.3 Å². The molecule has 1 saturated carbocycles. The number of ether oxygens (including phenoxy) is 3. The molecule has 1 aliphatic carbocycles. The third-order valence-electron chi connectivity index (χ3n) is 8.26. The van der Waals surface area contributed by atoms with Crippen LogP contribution in [0.25, 0.3) is 0 Å². The number of aliphatic carboxylic acids is 1. The summed E-state index contributed by atoms with van der Waals surface area (Å²) in [6.07, 6.45) is 2.10. The summed E-state index contributed by atoms with van der Waals surface area (Å²) < 4.78 is 32.8. The van der Waals surface area contributed by atoms with E-state index in [9.17, 15) is 14.3 Å². The molecule has 4 saturated heterocycles. The fraction of sp³-hybridized carbons (Fsp3) is 0.720. The molecule has 0 radical (unpaired) electrons. The Morgan fingerprint density at radius 3 is 2.67 bits per heavy atom. The van der Waals surface area contributed by atoms with Gasteiger partial charge in [-0.1, -0.05) is 26.0 Å². The van der Waals surface area contributed by atoms with Crippen LogP contribution in [-0.2, 0) is 28.8 Å². The third kappa shape index (κ3) is 4.00. The molecule has 7 nitrogen and oxygen atoms in total. The third-order valence-corrected chi connectivity index (χ3v) is 8.26. The molecule has 1 aromatic carbocycles. The monoisotopic (exact) mass is 464 g/mol. The molecule has 0 amide bonds. The topological polar surface area (TPSA) is 83.5 Å². The van der Waals surface area contributed by atoms with Gasteiger partial charge in [0.1, 0.15) is 5.82 Å². The van der Waals surface area contributed by atoms with Gasteiger partial charge in [0.25, 0.3) is 0 Å².